The normalized spacial score (nSPS) is 11.6. The predicted octanol–water partition coefficient (Wildman–Crippen LogP) is 4.42. The Labute approximate surface area is 153 Å². The Balaban J connectivity index is 1.89. The van der Waals surface area contributed by atoms with Crippen molar-refractivity contribution in [3.8, 4) is 5.75 Å². The van der Waals surface area contributed by atoms with E-state index in [1.54, 1.807) is 42.8 Å². The maximum absolute atomic E-state index is 13.0. The molecular formula is C19H17F3N2O3. The van der Waals surface area contributed by atoms with Gasteiger partial charge in [0.1, 0.15) is 12.4 Å². The number of halogens is 3. The van der Waals surface area contributed by atoms with Crippen molar-refractivity contribution < 1.29 is 27.4 Å². The summed E-state index contributed by atoms with van der Waals surface area (Å²) in [5.74, 6) is -0.121. The number of hydrogen-bond donors (Lipinski definition) is 0. The van der Waals surface area contributed by atoms with Crippen molar-refractivity contribution in [2.24, 2.45) is 0 Å². The molecule has 27 heavy (non-hydrogen) atoms. The van der Waals surface area contributed by atoms with Crippen LogP contribution >= 0.6 is 0 Å². The number of carbonyl (C=O) groups excluding carboxylic acids is 1. The van der Waals surface area contributed by atoms with Crippen molar-refractivity contribution in [3.05, 3.63) is 65.2 Å². The van der Waals surface area contributed by atoms with Crippen molar-refractivity contribution in [2.75, 3.05) is 6.61 Å². The van der Waals surface area contributed by atoms with Gasteiger partial charge < -0.3 is 13.9 Å². The summed E-state index contributed by atoms with van der Waals surface area (Å²) >= 11 is 0. The average Bonchev–Trinajstić information content (AvgIpc) is 2.94. The zero-order valence-corrected chi connectivity index (χ0v) is 14.7. The second-order valence-electron chi connectivity index (χ2n) is 5.86. The van der Waals surface area contributed by atoms with E-state index in [1.165, 1.54) is 12.1 Å². The number of carbonyl (C=O) groups is 1. The van der Waals surface area contributed by atoms with Gasteiger partial charge in [-0.2, -0.15) is 13.2 Å². The molecule has 0 aliphatic rings. The molecule has 0 aliphatic heterocycles. The van der Waals surface area contributed by atoms with Gasteiger partial charge in [-0.3, -0.25) is 4.98 Å². The molecule has 3 rings (SSSR count). The summed E-state index contributed by atoms with van der Waals surface area (Å²) < 4.78 is 51.4. The largest absolute Gasteiger partial charge is 0.489 e. The quantitative estimate of drug-likeness (QED) is 0.617. The highest BCUT2D eigenvalue weighted by molar-refractivity contribution is 5.99. The van der Waals surface area contributed by atoms with Gasteiger partial charge in [0.15, 0.2) is 5.69 Å². The van der Waals surface area contributed by atoms with E-state index in [2.05, 4.69) is 4.98 Å². The van der Waals surface area contributed by atoms with Gasteiger partial charge >= 0.3 is 12.1 Å². The van der Waals surface area contributed by atoms with Crippen LogP contribution in [0, 0.1) is 6.92 Å². The number of rotatable bonds is 5. The number of aryl methyl sites for hydroxylation is 1. The van der Waals surface area contributed by atoms with Crippen molar-refractivity contribution >= 4 is 11.5 Å². The molecule has 0 aromatic carbocycles. The molecule has 0 spiro atoms. The average molecular weight is 378 g/mol. The summed E-state index contributed by atoms with van der Waals surface area (Å²) in [7, 11) is 0. The number of ether oxygens (including phenoxy) is 2. The van der Waals surface area contributed by atoms with Gasteiger partial charge in [0.25, 0.3) is 0 Å². The molecule has 0 saturated carbocycles. The highest BCUT2D eigenvalue weighted by atomic mass is 19.4. The Morgan fingerprint density at radius 1 is 1.30 bits per heavy atom. The highest BCUT2D eigenvalue weighted by Crippen LogP contribution is 2.31. The third-order valence-electron chi connectivity index (χ3n) is 3.97. The first-order chi connectivity index (χ1) is 12.8. The van der Waals surface area contributed by atoms with Crippen LogP contribution in [0.4, 0.5) is 13.2 Å². The lowest BCUT2D eigenvalue weighted by Crippen LogP contribution is -2.13. The summed E-state index contributed by atoms with van der Waals surface area (Å²) in [5, 5.41) is 0. The first-order valence-corrected chi connectivity index (χ1v) is 8.23. The number of alkyl halides is 3. The van der Waals surface area contributed by atoms with Crippen LogP contribution < -0.4 is 4.74 Å². The molecule has 0 radical (unpaired) electrons. The van der Waals surface area contributed by atoms with Crippen molar-refractivity contribution in [2.45, 2.75) is 26.6 Å². The van der Waals surface area contributed by atoms with Crippen LogP contribution in [0.3, 0.4) is 0 Å². The number of hydrogen-bond acceptors (Lipinski definition) is 4. The molecule has 0 aliphatic carbocycles. The summed E-state index contributed by atoms with van der Waals surface area (Å²) in [6, 6.07) is 5.96. The Morgan fingerprint density at radius 2 is 2.07 bits per heavy atom. The van der Waals surface area contributed by atoms with Crippen LogP contribution in [0.15, 0.2) is 42.9 Å². The fraction of sp³-hybridized carbons (Fsp3) is 0.263. The zero-order chi connectivity index (χ0) is 19.6. The Bertz CT molecular complexity index is 980. The van der Waals surface area contributed by atoms with E-state index in [-0.39, 0.29) is 18.8 Å². The molecule has 0 fully saturated rings. The number of esters is 1. The first kappa shape index (κ1) is 18.8. The maximum atomic E-state index is 13.0. The molecule has 8 heteroatoms. The Hall–Kier alpha value is -3.03. The molecule has 0 atom stereocenters. The van der Waals surface area contributed by atoms with E-state index in [4.69, 9.17) is 9.47 Å². The lowest BCUT2D eigenvalue weighted by atomic mass is 10.2. The van der Waals surface area contributed by atoms with Gasteiger partial charge in [0.2, 0.25) is 0 Å². The molecule has 0 N–H and O–H groups in total. The van der Waals surface area contributed by atoms with Crippen LogP contribution in [-0.4, -0.2) is 22.0 Å². The molecule has 5 nitrogen and oxygen atoms in total. The van der Waals surface area contributed by atoms with Crippen molar-refractivity contribution in [1.82, 2.24) is 9.38 Å². The molecule has 3 aromatic rings. The van der Waals surface area contributed by atoms with E-state index >= 15 is 0 Å². The minimum atomic E-state index is -4.56. The van der Waals surface area contributed by atoms with E-state index in [1.807, 2.05) is 0 Å². The topological polar surface area (TPSA) is 52.8 Å². The molecule has 0 bridgehead atoms. The number of pyridine rings is 2. The molecule has 142 valence electrons. The maximum Gasteiger partial charge on any atom is 0.433 e. The van der Waals surface area contributed by atoms with E-state index in [0.717, 1.165) is 11.8 Å². The van der Waals surface area contributed by atoms with Crippen LogP contribution in [-0.2, 0) is 17.5 Å². The molecule has 3 heterocycles. The SMILES string of the molecule is CCOC(=O)c1c(C)cn2ccc(OCc3cccnc3C(F)(F)F)cc12. The monoisotopic (exact) mass is 378 g/mol. The van der Waals surface area contributed by atoms with E-state index in [0.29, 0.717) is 16.8 Å². The minimum Gasteiger partial charge on any atom is -0.489 e. The number of nitrogens with zero attached hydrogens (tertiary/aromatic N) is 2. The van der Waals surface area contributed by atoms with Crippen LogP contribution in [0.5, 0.6) is 5.75 Å². The fourth-order valence-electron chi connectivity index (χ4n) is 2.81. The predicted molar refractivity (Wildman–Crippen MR) is 91.7 cm³/mol. The van der Waals surface area contributed by atoms with Crippen LogP contribution in [0.1, 0.15) is 34.1 Å². The van der Waals surface area contributed by atoms with Gasteiger partial charge in [-0.1, -0.05) is 6.07 Å². The van der Waals surface area contributed by atoms with Gasteiger partial charge in [0, 0.05) is 30.2 Å². The summed E-state index contributed by atoms with van der Waals surface area (Å²) in [6.07, 6.45) is -0.0183. The van der Waals surface area contributed by atoms with Gasteiger partial charge in [-0.15, -0.1) is 0 Å². The zero-order valence-electron chi connectivity index (χ0n) is 14.7. The summed E-state index contributed by atoms with van der Waals surface area (Å²) in [6.45, 7) is 3.44. The standard InChI is InChI=1S/C19H17F3N2O3/c1-3-26-18(25)16-12(2)10-24-8-6-14(9-15(16)24)27-11-13-5-4-7-23-17(13)19(20,21)22/h4-10H,3,11H2,1-2H3. The molecule has 0 saturated heterocycles. The minimum absolute atomic E-state index is 0.0675. The summed E-state index contributed by atoms with van der Waals surface area (Å²) in [4.78, 5) is 15.6. The summed E-state index contributed by atoms with van der Waals surface area (Å²) in [5.41, 5.74) is 0.654. The fourth-order valence-corrected chi connectivity index (χ4v) is 2.81. The Morgan fingerprint density at radius 3 is 2.78 bits per heavy atom. The van der Waals surface area contributed by atoms with Crippen molar-refractivity contribution in [1.29, 1.82) is 0 Å². The lowest BCUT2D eigenvalue weighted by Gasteiger charge is -2.12. The van der Waals surface area contributed by atoms with Gasteiger partial charge in [0.05, 0.1) is 17.7 Å². The van der Waals surface area contributed by atoms with Crippen molar-refractivity contribution in [3.63, 3.8) is 0 Å². The third-order valence-corrected chi connectivity index (χ3v) is 3.97. The van der Waals surface area contributed by atoms with E-state index < -0.39 is 17.8 Å². The lowest BCUT2D eigenvalue weighted by molar-refractivity contribution is -0.142. The highest BCUT2D eigenvalue weighted by Gasteiger charge is 2.35. The molecule has 0 unspecified atom stereocenters. The van der Waals surface area contributed by atoms with E-state index in [9.17, 15) is 18.0 Å². The molecule has 3 aromatic heterocycles. The smallest absolute Gasteiger partial charge is 0.433 e. The second-order valence-corrected chi connectivity index (χ2v) is 5.86. The van der Waals surface area contributed by atoms with Gasteiger partial charge in [-0.25, -0.2) is 4.79 Å². The second kappa shape index (κ2) is 7.30. The third kappa shape index (κ3) is 3.89. The molecule has 0 amide bonds. The number of fused-ring (bicyclic) bond motifs is 1. The van der Waals surface area contributed by atoms with Gasteiger partial charge in [-0.05, 0) is 31.5 Å². The molecular weight excluding hydrogens is 361 g/mol. The Kier molecular flexibility index (Phi) is 5.07. The van der Waals surface area contributed by atoms with Crippen LogP contribution in [0.2, 0.25) is 0 Å². The van der Waals surface area contributed by atoms with Crippen LogP contribution in [0.25, 0.3) is 5.52 Å². The first-order valence-electron chi connectivity index (χ1n) is 8.23. The number of aromatic nitrogens is 2.